The third kappa shape index (κ3) is 2.46. The van der Waals surface area contributed by atoms with Crippen molar-refractivity contribution in [3.8, 4) is 17.2 Å². The minimum absolute atomic E-state index is 0.0447. The zero-order valence-electron chi connectivity index (χ0n) is 18.8. The van der Waals surface area contributed by atoms with E-state index in [0.29, 0.717) is 18.0 Å². The first-order valence-electron chi connectivity index (χ1n) is 11.0. The molecule has 33 heavy (non-hydrogen) atoms. The van der Waals surface area contributed by atoms with Gasteiger partial charge in [0.15, 0.2) is 11.5 Å². The summed E-state index contributed by atoms with van der Waals surface area (Å²) in [5.41, 5.74) is 5.11. The van der Waals surface area contributed by atoms with Crippen LogP contribution in [0, 0.1) is 0 Å². The number of aromatic nitrogens is 1. The van der Waals surface area contributed by atoms with Crippen molar-refractivity contribution in [2.45, 2.75) is 12.0 Å². The van der Waals surface area contributed by atoms with E-state index in [1.807, 2.05) is 59.6 Å². The van der Waals surface area contributed by atoms with Crippen LogP contribution >= 0.6 is 0 Å². The first-order chi connectivity index (χ1) is 16.1. The summed E-state index contributed by atoms with van der Waals surface area (Å²) in [6, 6.07) is 18.0. The fourth-order valence-corrected chi connectivity index (χ4v) is 5.65. The van der Waals surface area contributed by atoms with Crippen molar-refractivity contribution in [1.82, 2.24) is 9.88 Å². The SMILES string of the molecule is COc1ccc2[nH]cc([C@]34c5cc(OC)c(OC)cc5CCN3C(=O)c3ccccc34)c2c1. The summed E-state index contributed by atoms with van der Waals surface area (Å²) in [5, 5.41) is 1.02. The number of rotatable bonds is 4. The van der Waals surface area contributed by atoms with E-state index in [1.54, 1.807) is 21.3 Å². The lowest BCUT2D eigenvalue weighted by Gasteiger charge is -2.44. The van der Waals surface area contributed by atoms with Crippen LogP contribution in [0.15, 0.2) is 60.8 Å². The second-order valence-corrected chi connectivity index (χ2v) is 8.44. The zero-order chi connectivity index (χ0) is 22.7. The molecule has 6 rings (SSSR count). The number of hydrogen-bond acceptors (Lipinski definition) is 4. The van der Waals surface area contributed by atoms with Crippen LogP contribution in [0.25, 0.3) is 10.9 Å². The van der Waals surface area contributed by atoms with Crippen LogP contribution in [-0.4, -0.2) is 43.7 Å². The number of fused-ring (bicyclic) bond motifs is 6. The smallest absolute Gasteiger partial charge is 0.255 e. The van der Waals surface area contributed by atoms with Gasteiger partial charge in [0.25, 0.3) is 5.91 Å². The van der Waals surface area contributed by atoms with Gasteiger partial charge in [-0.05, 0) is 59.5 Å². The van der Waals surface area contributed by atoms with E-state index in [9.17, 15) is 4.79 Å². The molecule has 1 aromatic heterocycles. The van der Waals surface area contributed by atoms with Crippen LogP contribution in [0.1, 0.15) is 32.6 Å². The Bertz CT molecular complexity index is 1420. The van der Waals surface area contributed by atoms with E-state index >= 15 is 0 Å². The highest BCUT2D eigenvalue weighted by Gasteiger charge is 2.55. The molecule has 0 bridgehead atoms. The van der Waals surface area contributed by atoms with Gasteiger partial charge in [-0.1, -0.05) is 18.2 Å². The summed E-state index contributed by atoms with van der Waals surface area (Å²) in [4.78, 5) is 19.1. The van der Waals surface area contributed by atoms with Gasteiger partial charge in [0.1, 0.15) is 11.3 Å². The van der Waals surface area contributed by atoms with E-state index in [4.69, 9.17) is 14.2 Å². The molecule has 166 valence electrons. The van der Waals surface area contributed by atoms with Crippen LogP contribution in [0.5, 0.6) is 17.2 Å². The number of carbonyl (C=O) groups excluding carboxylic acids is 1. The fraction of sp³-hybridized carbons (Fsp3) is 0.222. The van der Waals surface area contributed by atoms with Crippen molar-refractivity contribution in [2.75, 3.05) is 27.9 Å². The molecule has 1 amide bonds. The number of amides is 1. The summed E-state index contributed by atoms with van der Waals surface area (Å²) in [7, 11) is 4.96. The number of nitrogens with zero attached hydrogens (tertiary/aromatic N) is 1. The van der Waals surface area contributed by atoms with Gasteiger partial charge in [-0.25, -0.2) is 0 Å². The number of aromatic amines is 1. The Labute approximate surface area is 191 Å². The standard InChI is InChI=1S/C27H24N2O4/c1-31-17-8-9-23-19(13-17)22(15-28-23)27-20-7-5-4-6-18(20)26(30)29(27)11-10-16-12-24(32-2)25(33-3)14-21(16)27/h4-9,12-15,28H,10-11H2,1-3H3/t27-/m0/s1. The number of hydrogen-bond donors (Lipinski definition) is 1. The molecule has 3 heterocycles. The maximum absolute atomic E-state index is 13.7. The Balaban J connectivity index is 1.76. The second-order valence-electron chi connectivity index (χ2n) is 8.44. The Kier molecular flexibility index (Phi) is 4.21. The molecular formula is C27H24N2O4. The number of methoxy groups -OCH3 is 3. The lowest BCUT2D eigenvalue weighted by atomic mass is 9.72. The van der Waals surface area contributed by atoms with Crippen LogP contribution < -0.4 is 14.2 Å². The number of benzene rings is 3. The van der Waals surface area contributed by atoms with Crippen molar-refractivity contribution in [3.05, 3.63) is 88.6 Å². The lowest BCUT2D eigenvalue weighted by Crippen LogP contribution is -2.50. The van der Waals surface area contributed by atoms with Crippen molar-refractivity contribution in [3.63, 3.8) is 0 Å². The van der Waals surface area contributed by atoms with Crippen molar-refractivity contribution < 1.29 is 19.0 Å². The first-order valence-corrected chi connectivity index (χ1v) is 11.0. The van der Waals surface area contributed by atoms with Crippen LogP contribution in [0.4, 0.5) is 0 Å². The summed E-state index contributed by atoms with van der Waals surface area (Å²) in [6.45, 7) is 0.604. The van der Waals surface area contributed by atoms with Crippen LogP contribution in [-0.2, 0) is 12.0 Å². The first kappa shape index (κ1) is 19.7. The van der Waals surface area contributed by atoms with E-state index in [1.165, 1.54) is 0 Å². The highest BCUT2D eigenvalue weighted by Crippen LogP contribution is 2.55. The van der Waals surface area contributed by atoms with Gasteiger partial charge >= 0.3 is 0 Å². The Morgan fingerprint density at radius 3 is 2.45 bits per heavy atom. The molecule has 0 aliphatic carbocycles. The summed E-state index contributed by atoms with van der Waals surface area (Å²) in [5.74, 6) is 2.15. The molecule has 3 aromatic carbocycles. The molecule has 6 nitrogen and oxygen atoms in total. The largest absolute Gasteiger partial charge is 0.497 e. The summed E-state index contributed by atoms with van der Waals surface area (Å²) < 4.78 is 16.8. The third-order valence-electron chi connectivity index (χ3n) is 7.08. The molecule has 1 N–H and O–H groups in total. The van der Waals surface area contributed by atoms with Crippen molar-refractivity contribution in [2.24, 2.45) is 0 Å². The van der Waals surface area contributed by atoms with Crippen molar-refractivity contribution >= 4 is 16.8 Å². The maximum Gasteiger partial charge on any atom is 0.255 e. The minimum atomic E-state index is -0.786. The normalized spacial score (nSPS) is 18.6. The topological polar surface area (TPSA) is 63.8 Å². The molecule has 0 radical (unpaired) electrons. The number of ether oxygens (including phenoxy) is 3. The second kappa shape index (κ2) is 7.04. The maximum atomic E-state index is 13.7. The summed E-state index contributed by atoms with van der Waals surface area (Å²) >= 11 is 0. The zero-order valence-corrected chi connectivity index (χ0v) is 18.8. The predicted molar refractivity (Wildman–Crippen MR) is 125 cm³/mol. The molecule has 0 fully saturated rings. The number of nitrogens with one attached hydrogen (secondary N) is 1. The lowest BCUT2D eigenvalue weighted by molar-refractivity contribution is 0.0661. The van der Waals surface area contributed by atoms with Gasteiger partial charge in [-0.15, -0.1) is 0 Å². The Hall–Kier alpha value is -3.93. The Morgan fingerprint density at radius 1 is 0.879 bits per heavy atom. The van der Waals surface area contributed by atoms with Crippen LogP contribution in [0.3, 0.4) is 0 Å². The average Bonchev–Trinajstić information content (AvgIpc) is 3.40. The molecule has 0 unspecified atom stereocenters. The molecule has 0 saturated heterocycles. The van der Waals surface area contributed by atoms with Gasteiger partial charge in [-0.3, -0.25) is 4.79 Å². The minimum Gasteiger partial charge on any atom is -0.497 e. The highest BCUT2D eigenvalue weighted by molar-refractivity contribution is 6.03. The van der Waals surface area contributed by atoms with Crippen LogP contribution in [0.2, 0.25) is 0 Å². The van der Waals surface area contributed by atoms with E-state index < -0.39 is 5.54 Å². The summed E-state index contributed by atoms with van der Waals surface area (Å²) in [6.07, 6.45) is 2.77. The molecule has 2 aliphatic rings. The molecule has 6 heteroatoms. The predicted octanol–water partition coefficient (Wildman–Crippen LogP) is 4.50. The fourth-order valence-electron chi connectivity index (χ4n) is 5.65. The van der Waals surface area contributed by atoms with Gasteiger partial charge in [0.05, 0.1) is 21.3 Å². The number of carbonyl (C=O) groups is 1. The van der Waals surface area contributed by atoms with E-state index in [2.05, 4.69) is 11.1 Å². The number of H-pyrrole nitrogens is 1. The average molecular weight is 440 g/mol. The van der Waals surface area contributed by atoms with Crippen molar-refractivity contribution in [1.29, 1.82) is 0 Å². The van der Waals surface area contributed by atoms with Gasteiger partial charge in [0, 0.05) is 34.8 Å². The van der Waals surface area contributed by atoms with E-state index in [-0.39, 0.29) is 5.91 Å². The quantitative estimate of drug-likeness (QED) is 0.508. The van der Waals surface area contributed by atoms with Gasteiger partial charge in [-0.2, -0.15) is 0 Å². The molecule has 4 aromatic rings. The molecular weight excluding hydrogens is 416 g/mol. The third-order valence-corrected chi connectivity index (χ3v) is 7.08. The van der Waals surface area contributed by atoms with Gasteiger partial charge < -0.3 is 24.1 Å². The Morgan fingerprint density at radius 2 is 1.67 bits per heavy atom. The molecule has 1 atom stereocenters. The monoisotopic (exact) mass is 440 g/mol. The van der Waals surface area contributed by atoms with E-state index in [0.717, 1.165) is 50.9 Å². The molecule has 0 spiro atoms. The van der Waals surface area contributed by atoms with Gasteiger partial charge in [0.2, 0.25) is 0 Å². The molecule has 0 saturated carbocycles. The molecule has 2 aliphatic heterocycles. The highest BCUT2D eigenvalue weighted by atomic mass is 16.5.